The van der Waals surface area contributed by atoms with Crippen molar-refractivity contribution in [2.24, 2.45) is 0 Å². The molecular formula is C13H20ClNO3. The van der Waals surface area contributed by atoms with Crippen molar-refractivity contribution in [3.63, 3.8) is 0 Å². The van der Waals surface area contributed by atoms with Crippen molar-refractivity contribution in [3.8, 4) is 11.5 Å². The van der Waals surface area contributed by atoms with Crippen LogP contribution in [0, 0.1) is 0 Å². The molecule has 1 aromatic carbocycles. The van der Waals surface area contributed by atoms with Crippen molar-refractivity contribution in [3.05, 3.63) is 23.8 Å². The minimum absolute atomic E-state index is 0. The molecule has 18 heavy (non-hydrogen) atoms. The molecule has 1 aliphatic heterocycles. The van der Waals surface area contributed by atoms with Crippen molar-refractivity contribution in [1.82, 2.24) is 5.32 Å². The van der Waals surface area contributed by atoms with Gasteiger partial charge in [-0.05, 0) is 37.1 Å². The number of rotatable bonds is 4. The normalized spacial score (nSPS) is 20.1. The van der Waals surface area contributed by atoms with E-state index in [1.54, 1.807) is 20.3 Å². The van der Waals surface area contributed by atoms with Gasteiger partial charge in [0.25, 0.3) is 0 Å². The first-order valence-corrected chi connectivity index (χ1v) is 5.89. The van der Waals surface area contributed by atoms with E-state index in [0.29, 0.717) is 11.5 Å². The maximum atomic E-state index is 10.3. The first-order chi connectivity index (χ1) is 8.24. The van der Waals surface area contributed by atoms with Crippen LogP contribution in [0.4, 0.5) is 0 Å². The molecule has 0 spiro atoms. The molecule has 1 aliphatic rings. The average Bonchev–Trinajstić information content (AvgIpc) is 2.91. The van der Waals surface area contributed by atoms with Crippen LogP contribution in [0.3, 0.4) is 0 Å². The van der Waals surface area contributed by atoms with E-state index < -0.39 is 6.10 Å². The summed E-state index contributed by atoms with van der Waals surface area (Å²) in [5.74, 6) is 1.41. The monoisotopic (exact) mass is 273 g/mol. The number of benzene rings is 1. The van der Waals surface area contributed by atoms with Crippen LogP contribution < -0.4 is 14.8 Å². The Balaban J connectivity index is 0.00000162. The van der Waals surface area contributed by atoms with Crippen molar-refractivity contribution in [1.29, 1.82) is 0 Å². The SMILES string of the molecule is COc1cc(OC)cc([C@H](O)[C@H]2CCCN2)c1.Cl. The second-order valence-corrected chi connectivity index (χ2v) is 4.29. The number of hydrogen-bond donors (Lipinski definition) is 2. The van der Waals surface area contributed by atoms with Crippen LogP contribution in [-0.2, 0) is 0 Å². The Morgan fingerprint density at radius 3 is 2.28 bits per heavy atom. The smallest absolute Gasteiger partial charge is 0.122 e. The lowest BCUT2D eigenvalue weighted by atomic mass is 10.0. The highest BCUT2D eigenvalue weighted by Gasteiger charge is 2.24. The Hall–Kier alpha value is -0.970. The second kappa shape index (κ2) is 6.83. The van der Waals surface area contributed by atoms with Crippen LogP contribution in [0.2, 0.25) is 0 Å². The maximum Gasteiger partial charge on any atom is 0.122 e. The summed E-state index contributed by atoms with van der Waals surface area (Å²) >= 11 is 0. The molecule has 1 fully saturated rings. The summed E-state index contributed by atoms with van der Waals surface area (Å²) in [5.41, 5.74) is 0.834. The zero-order chi connectivity index (χ0) is 12.3. The lowest BCUT2D eigenvalue weighted by molar-refractivity contribution is 0.137. The Labute approximate surface area is 114 Å². The van der Waals surface area contributed by atoms with E-state index in [0.717, 1.165) is 24.9 Å². The van der Waals surface area contributed by atoms with E-state index in [-0.39, 0.29) is 18.4 Å². The number of aliphatic hydroxyl groups is 1. The fourth-order valence-corrected chi connectivity index (χ4v) is 2.21. The molecule has 4 nitrogen and oxygen atoms in total. The largest absolute Gasteiger partial charge is 0.497 e. The highest BCUT2D eigenvalue weighted by atomic mass is 35.5. The van der Waals surface area contributed by atoms with Crippen LogP contribution >= 0.6 is 12.4 Å². The molecule has 102 valence electrons. The van der Waals surface area contributed by atoms with Gasteiger partial charge >= 0.3 is 0 Å². The van der Waals surface area contributed by atoms with E-state index in [4.69, 9.17) is 9.47 Å². The zero-order valence-corrected chi connectivity index (χ0v) is 11.5. The van der Waals surface area contributed by atoms with E-state index in [9.17, 15) is 5.11 Å². The number of halogens is 1. The standard InChI is InChI=1S/C13H19NO3.ClH/c1-16-10-6-9(7-11(8-10)17-2)13(15)12-4-3-5-14-12;/h6-8,12-15H,3-5H2,1-2H3;1H/t12-,13+;/m1./s1. The lowest BCUT2D eigenvalue weighted by Crippen LogP contribution is -2.28. The van der Waals surface area contributed by atoms with Gasteiger partial charge < -0.3 is 19.9 Å². The number of nitrogens with one attached hydrogen (secondary N) is 1. The van der Waals surface area contributed by atoms with Gasteiger partial charge in [-0.2, -0.15) is 0 Å². The van der Waals surface area contributed by atoms with Crippen LogP contribution in [0.5, 0.6) is 11.5 Å². The van der Waals surface area contributed by atoms with Gasteiger partial charge in [-0.15, -0.1) is 12.4 Å². The third-order valence-electron chi connectivity index (χ3n) is 3.19. The summed E-state index contributed by atoms with van der Waals surface area (Å²) in [6.45, 7) is 0.975. The molecule has 1 saturated heterocycles. The first-order valence-electron chi connectivity index (χ1n) is 5.89. The molecule has 5 heteroatoms. The molecule has 0 aromatic heterocycles. The molecule has 1 heterocycles. The van der Waals surface area contributed by atoms with E-state index in [2.05, 4.69) is 5.32 Å². The summed E-state index contributed by atoms with van der Waals surface area (Å²) in [6.07, 6.45) is 1.60. The Morgan fingerprint density at radius 2 is 1.83 bits per heavy atom. The van der Waals surface area contributed by atoms with Crippen molar-refractivity contribution < 1.29 is 14.6 Å². The van der Waals surface area contributed by atoms with E-state index in [1.807, 2.05) is 12.1 Å². The van der Waals surface area contributed by atoms with Crippen molar-refractivity contribution in [2.45, 2.75) is 25.0 Å². The van der Waals surface area contributed by atoms with Gasteiger partial charge in [0.15, 0.2) is 0 Å². The molecule has 0 unspecified atom stereocenters. The number of methoxy groups -OCH3 is 2. The Morgan fingerprint density at radius 1 is 1.22 bits per heavy atom. The number of aliphatic hydroxyl groups excluding tert-OH is 1. The maximum absolute atomic E-state index is 10.3. The lowest BCUT2D eigenvalue weighted by Gasteiger charge is -2.19. The number of ether oxygens (including phenoxy) is 2. The second-order valence-electron chi connectivity index (χ2n) is 4.29. The van der Waals surface area contributed by atoms with Crippen LogP contribution in [0.15, 0.2) is 18.2 Å². The Kier molecular flexibility index (Phi) is 5.72. The molecule has 2 atom stereocenters. The molecule has 0 aliphatic carbocycles. The predicted molar refractivity (Wildman–Crippen MR) is 72.8 cm³/mol. The van der Waals surface area contributed by atoms with Crippen LogP contribution in [0.1, 0.15) is 24.5 Å². The molecule has 0 radical (unpaired) electrons. The summed E-state index contributed by atoms with van der Waals surface area (Å²) in [4.78, 5) is 0. The summed E-state index contributed by atoms with van der Waals surface area (Å²) in [5, 5.41) is 13.6. The average molecular weight is 274 g/mol. The summed E-state index contributed by atoms with van der Waals surface area (Å²) in [6, 6.07) is 5.64. The van der Waals surface area contributed by atoms with Gasteiger partial charge in [0.2, 0.25) is 0 Å². The predicted octanol–water partition coefficient (Wildman–Crippen LogP) is 1.91. The van der Waals surface area contributed by atoms with Gasteiger partial charge in [0, 0.05) is 12.1 Å². The molecule has 1 aromatic rings. The van der Waals surface area contributed by atoms with Gasteiger partial charge in [0.05, 0.1) is 20.3 Å². The minimum atomic E-state index is -0.513. The van der Waals surface area contributed by atoms with Gasteiger partial charge in [0.1, 0.15) is 11.5 Å². The van der Waals surface area contributed by atoms with Crippen molar-refractivity contribution >= 4 is 12.4 Å². The zero-order valence-electron chi connectivity index (χ0n) is 10.7. The van der Waals surface area contributed by atoms with Crippen molar-refractivity contribution in [2.75, 3.05) is 20.8 Å². The summed E-state index contributed by atoms with van der Waals surface area (Å²) < 4.78 is 10.4. The van der Waals surface area contributed by atoms with E-state index >= 15 is 0 Å². The molecule has 2 N–H and O–H groups in total. The molecule has 0 saturated carbocycles. The third-order valence-corrected chi connectivity index (χ3v) is 3.19. The highest BCUT2D eigenvalue weighted by molar-refractivity contribution is 5.85. The van der Waals surface area contributed by atoms with Gasteiger partial charge in [-0.1, -0.05) is 0 Å². The fourth-order valence-electron chi connectivity index (χ4n) is 2.21. The highest BCUT2D eigenvalue weighted by Crippen LogP contribution is 2.29. The van der Waals surface area contributed by atoms with E-state index in [1.165, 1.54) is 0 Å². The minimum Gasteiger partial charge on any atom is -0.497 e. The topological polar surface area (TPSA) is 50.7 Å². The molecule has 2 rings (SSSR count). The molecule has 0 bridgehead atoms. The van der Waals surface area contributed by atoms with Gasteiger partial charge in [-0.25, -0.2) is 0 Å². The third kappa shape index (κ3) is 3.28. The Bertz CT molecular complexity index is 358. The summed E-state index contributed by atoms with van der Waals surface area (Å²) in [7, 11) is 3.22. The molecule has 0 amide bonds. The first kappa shape index (κ1) is 15.1. The number of hydrogen-bond acceptors (Lipinski definition) is 4. The van der Waals surface area contributed by atoms with Gasteiger partial charge in [-0.3, -0.25) is 0 Å². The van der Waals surface area contributed by atoms with Crippen LogP contribution in [0.25, 0.3) is 0 Å². The quantitative estimate of drug-likeness (QED) is 0.880. The molecular weight excluding hydrogens is 254 g/mol. The van der Waals surface area contributed by atoms with Crippen LogP contribution in [-0.4, -0.2) is 31.9 Å². The fraction of sp³-hybridized carbons (Fsp3) is 0.538.